The highest BCUT2D eigenvalue weighted by atomic mass is 32.2. The first kappa shape index (κ1) is 28.8. The lowest BCUT2D eigenvalue weighted by Gasteiger charge is -2.40. The number of benzene rings is 2. The second kappa shape index (κ2) is 12.8. The molecule has 0 saturated heterocycles. The predicted octanol–water partition coefficient (Wildman–Crippen LogP) is 5.65. The van der Waals surface area contributed by atoms with E-state index in [2.05, 4.69) is 33.8 Å². The minimum atomic E-state index is -2.90. The Balaban J connectivity index is 1.41. The normalized spacial score (nSPS) is 17.1. The Kier molecular flexibility index (Phi) is 9.42. The molecule has 10 heteroatoms. The summed E-state index contributed by atoms with van der Waals surface area (Å²) in [6.45, 7) is 4.88. The topological polar surface area (TPSA) is 91.8 Å². The molecule has 3 aromatic rings. The number of aromatic nitrogens is 1. The number of ether oxygens (including phenoxy) is 1. The van der Waals surface area contributed by atoms with Crippen LogP contribution in [0.2, 0.25) is 0 Å². The summed E-state index contributed by atoms with van der Waals surface area (Å²) in [5.41, 5.74) is 5.51. The van der Waals surface area contributed by atoms with Gasteiger partial charge >= 0.3 is 6.61 Å². The Morgan fingerprint density at radius 1 is 1.13 bits per heavy atom. The van der Waals surface area contributed by atoms with Crippen LogP contribution in [0.15, 0.2) is 60.8 Å². The molecule has 39 heavy (non-hydrogen) atoms. The van der Waals surface area contributed by atoms with Crippen LogP contribution in [0.5, 0.6) is 5.88 Å². The average molecular weight is 558 g/mol. The average Bonchev–Trinajstić information content (AvgIpc) is 2.91. The monoisotopic (exact) mass is 557 g/mol. The van der Waals surface area contributed by atoms with Crippen LogP contribution >= 0.6 is 0 Å². The Labute approximate surface area is 229 Å². The summed E-state index contributed by atoms with van der Waals surface area (Å²) in [4.78, 5) is 19.3. The molecule has 4 rings (SSSR count). The molecule has 0 spiro atoms. The van der Waals surface area contributed by atoms with Crippen molar-refractivity contribution < 1.29 is 27.1 Å². The van der Waals surface area contributed by atoms with Crippen LogP contribution in [-0.4, -0.2) is 37.7 Å². The maximum absolute atomic E-state index is 12.9. The minimum Gasteiger partial charge on any atom is -0.417 e. The molecule has 0 radical (unpaired) electrons. The number of hydrogen-bond donors (Lipinski definition) is 2. The summed E-state index contributed by atoms with van der Waals surface area (Å²) < 4.78 is 49.8. The third kappa shape index (κ3) is 7.26. The lowest BCUT2D eigenvalue weighted by molar-refractivity contribution is -0.0528. The molecule has 1 amide bonds. The first-order valence-corrected chi connectivity index (χ1v) is 14.0. The van der Waals surface area contributed by atoms with Crippen molar-refractivity contribution in [3.63, 3.8) is 0 Å². The van der Waals surface area contributed by atoms with Crippen molar-refractivity contribution in [2.75, 3.05) is 6.54 Å². The molecule has 0 saturated carbocycles. The number of nitrogens with one attached hydrogen (secondary N) is 1. The van der Waals surface area contributed by atoms with Gasteiger partial charge in [0.05, 0.1) is 5.25 Å². The van der Waals surface area contributed by atoms with E-state index < -0.39 is 22.9 Å². The second-order valence-electron chi connectivity index (χ2n) is 10.0. The molecular weight excluding hydrogens is 524 g/mol. The van der Waals surface area contributed by atoms with Crippen molar-refractivity contribution in [3.8, 4) is 5.88 Å². The standard InChI is InChI=1S/C29H33F2N3O4S/c1-18(2)27-25-10-9-24(28(35)33-15-20-4-7-22(8-5-20)19(3)39(36)37)14-23(25)12-13-34(27)17-21-6-11-26(32-16-21)38-29(30)31/h4-11,14,16,18-19,27,29H,12-13,15,17H2,1-3H3,(H,33,35)(H,36,37)/t19?,27-/m0/s1. The first-order chi connectivity index (χ1) is 18.6. The summed E-state index contributed by atoms with van der Waals surface area (Å²) in [5.74, 6) is 0.0504. The Morgan fingerprint density at radius 3 is 2.46 bits per heavy atom. The smallest absolute Gasteiger partial charge is 0.388 e. The molecule has 0 bridgehead atoms. The number of fused-ring (bicyclic) bond motifs is 1. The van der Waals surface area contributed by atoms with Crippen molar-refractivity contribution >= 4 is 17.0 Å². The molecule has 2 N–H and O–H groups in total. The van der Waals surface area contributed by atoms with Gasteiger partial charge in [0.1, 0.15) is 0 Å². The maximum atomic E-state index is 12.9. The number of pyridine rings is 1. The number of carbonyl (C=O) groups is 1. The van der Waals surface area contributed by atoms with Gasteiger partial charge in [-0.25, -0.2) is 9.19 Å². The molecule has 1 aliphatic rings. The molecule has 1 aliphatic heterocycles. The van der Waals surface area contributed by atoms with E-state index in [4.69, 9.17) is 0 Å². The fraction of sp³-hybridized carbons (Fsp3) is 0.379. The number of alkyl halides is 2. The summed E-state index contributed by atoms with van der Waals surface area (Å²) in [6.07, 6.45) is 2.35. The predicted molar refractivity (Wildman–Crippen MR) is 146 cm³/mol. The van der Waals surface area contributed by atoms with Crippen LogP contribution < -0.4 is 10.1 Å². The van der Waals surface area contributed by atoms with E-state index in [9.17, 15) is 22.3 Å². The largest absolute Gasteiger partial charge is 0.417 e. The van der Waals surface area contributed by atoms with Crippen LogP contribution in [0, 0.1) is 5.92 Å². The molecular formula is C29H33F2N3O4S. The van der Waals surface area contributed by atoms with E-state index in [0.29, 0.717) is 24.6 Å². The lowest BCUT2D eigenvalue weighted by atomic mass is 9.85. The molecule has 2 aromatic carbocycles. The molecule has 208 valence electrons. The van der Waals surface area contributed by atoms with E-state index >= 15 is 0 Å². The quantitative estimate of drug-likeness (QED) is 0.313. The van der Waals surface area contributed by atoms with Crippen molar-refractivity contribution in [2.24, 2.45) is 5.92 Å². The number of carbonyl (C=O) groups excluding carboxylic acids is 1. The molecule has 0 aliphatic carbocycles. The highest BCUT2D eigenvalue weighted by molar-refractivity contribution is 7.79. The van der Waals surface area contributed by atoms with Crippen LogP contribution in [0.4, 0.5) is 8.78 Å². The Hall–Kier alpha value is -3.21. The molecule has 7 nitrogen and oxygen atoms in total. The lowest BCUT2D eigenvalue weighted by Crippen LogP contribution is -2.38. The summed E-state index contributed by atoms with van der Waals surface area (Å²) in [5, 5.41) is 2.49. The van der Waals surface area contributed by atoms with Gasteiger partial charge in [-0.05, 0) is 59.2 Å². The number of amides is 1. The van der Waals surface area contributed by atoms with E-state index in [1.165, 1.54) is 11.6 Å². The summed E-state index contributed by atoms with van der Waals surface area (Å²) in [6, 6.07) is 16.5. The van der Waals surface area contributed by atoms with Gasteiger partial charge in [-0.3, -0.25) is 9.69 Å². The summed E-state index contributed by atoms with van der Waals surface area (Å²) >= 11 is -1.93. The highest BCUT2D eigenvalue weighted by Gasteiger charge is 2.30. The minimum absolute atomic E-state index is 0.102. The number of nitrogens with zero attached hydrogens (tertiary/aromatic N) is 2. The second-order valence-corrected chi connectivity index (χ2v) is 11.3. The van der Waals surface area contributed by atoms with Crippen LogP contribution in [0.3, 0.4) is 0 Å². The zero-order chi connectivity index (χ0) is 28.1. The third-order valence-corrected chi connectivity index (χ3v) is 7.89. The SMILES string of the molecule is CC(C)[C@H]1c2ccc(C(=O)NCc3ccc(C(C)S(=O)O)cc3)cc2CCN1Cc1ccc(OC(F)F)nc1. The van der Waals surface area contributed by atoms with E-state index in [1.54, 1.807) is 31.3 Å². The van der Waals surface area contributed by atoms with Gasteiger partial charge in [-0.15, -0.1) is 0 Å². The van der Waals surface area contributed by atoms with Gasteiger partial charge in [0.25, 0.3) is 5.91 Å². The van der Waals surface area contributed by atoms with Crippen molar-refractivity contribution in [2.45, 2.75) is 58.2 Å². The third-order valence-electron chi connectivity index (χ3n) is 7.01. The fourth-order valence-electron chi connectivity index (χ4n) is 5.02. The zero-order valence-corrected chi connectivity index (χ0v) is 23.0. The zero-order valence-electron chi connectivity index (χ0n) is 22.1. The van der Waals surface area contributed by atoms with Gasteiger partial charge in [0.2, 0.25) is 5.88 Å². The van der Waals surface area contributed by atoms with Gasteiger partial charge in [0, 0.05) is 43.5 Å². The Morgan fingerprint density at radius 2 is 1.85 bits per heavy atom. The van der Waals surface area contributed by atoms with Crippen molar-refractivity contribution in [1.82, 2.24) is 15.2 Å². The van der Waals surface area contributed by atoms with E-state index in [1.807, 2.05) is 30.3 Å². The molecule has 3 atom stereocenters. The molecule has 1 aromatic heterocycles. The Bertz CT molecular complexity index is 1300. The van der Waals surface area contributed by atoms with Gasteiger partial charge in [-0.1, -0.05) is 50.2 Å². The number of rotatable bonds is 10. The van der Waals surface area contributed by atoms with Crippen LogP contribution in [-0.2, 0) is 30.6 Å². The van der Waals surface area contributed by atoms with Gasteiger partial charge < -0.3 is 14.6 Å². The highest BCUT2D eigenvalue weighted by Crippen LogP contribution is 2.36. The summed E-state index contributed by atoms with van der Waals surface area (Å²) in [7, 11) is 0. The van der Waals surface area contributed by atoms with Crippen LogP contribution in [0.25, 0.3) is 0 Å². The fourth-order valence-corrected chi connectivity index (χ4v) is 5.41. The number of halogens is 2. The van der Waals surface area contributed by atoms with E-state index in [0.717, 1.165) is 35.2 Å². The van der Waals surface area contributed by atoms with Crippen molar-refractivity contribution in [1.29, 1.82) is 0 Å². The van der Waals surface area contributed by atoms with Gasteiger partial charge in [-0.2, -0.15) is 8.78 Å². The van der Waals surface area contributed by atoms with Gasteiger partial charge in [0.15, 0.2) is 11.1 Å². The first-order valence-electron chi connectivity index (χ1n) is 12.9. The molecule has 0 fully saturated rings. The molecule has 2 heterocycles. The number of hydrogen-bond acceptors (Lipinski definition) is 5. The van der Waals surface area contributed by atoms with Crippen LogP contribution in [0.1, 0.15) is 70.2 Å². The molecule has 2 unspecified atom stereocenters. The maximum Gasteiger partial charge on any atom is 0.388 e. The van der Waals surface area contributed by atoms with E-state index in [-0.39, 0.29) is 17.8 Å². The van der Waals surface area contributed by atoms with Crippen molar-refractivity contribution in [3.05, 3.63) is 94.2 Å².